The summed E-state index contributed by atoms with van der Waals surface area (Å²) in [5, 5.41) is 3.87. The molecule has 2 aromatic carbocycles. The first-order valence-electron chi connectivity index (χ1n) is 5.76. The van der Waals surface area contributed by atoms with E-state index >= 15 is 0 Å². The summed E-state index contributed by atoms with van der Waals surface area (Å²) >= 11 is 0. The highest BCUT2D eigenvalue weighted by molar-refractivity contribution is 5.78. The molecule has 4 heteroatoms. The number of para-hydroxylation sites is 1. The van der Waals surface area contributed by atoms with Crippen LogP contribution in [0.15, 0.2) is 64.7 Å². The lowest BCUT2D eigenvalue weighted by molar-refractivity contribution is 0.132. The van der Waals surface area contributed by atoms with Gasteiger partial charge >= 0.3 is 0 Å². The molecule has 2 rings (SSSR count). The summed E-state index contributed by atoms with van der Waals surface area (Å²) in [6.45, 7) is 0.255. The van der Waals surface area contributed by atoms with E-state index in [2.05, 4.69) is 10.1 Å². The average molecular weight is 252 g/mol. The molecule has 4 nitrogen and oxygen atoms in total. The summed E-state index contributed by atoms with van der Waals surface area (Å²) in [6, 6.07) is 16.8. The third kappa shape index (κ3) is 3.91. The number of oxime groups is 1. The Morgan fingerprint density at radius 1 is 1.05 bits per heavy atom. The van der Waals surface area contributed by atoms with Gasteiger partial charge in [0.1, 0.15) is 6.61 Å². The van der Waals surface area contributed by atoms with Crippen LogP contribution in [0, 0.1) is 0 Å². The summed E-state index contributed by atoms with van der Waals surface area (Å²) in [7, 11) is 0. The molecule has 0 heterocycles. The Bertz CT molecular complexity index is 603. The summed E-state index contributed by atoms with van der Waals surface area (Å²) in [5.41, 5.74) is 2.30. The molecular formula is C15H12N2O2. The van der Waals surface area contributed by atoms with Gasteiger partial charge < -0.3 is 4.84 Å². The molecule has 0 saturated carbocycles. The number of rotatable bonds is 5. The van der Waals surface area contributed by atoms with Crippen molar-refractivity contribution in [2.75, 3.05) is 0 Å². The standard InChI is InChI=1S/C15H12N2O2/c18-12-16-15-9-5-4-8-14(15)11-19-17-10-13-6-2-1-3-7-13/h1-10H,11H2. The molecule has 2 aromatic rings. The quantitative estimate of drug-likeness (QED) is 0.466. The van der Waals surface area contributed by atoms with E-state index in [0.717, 1.165) is 11.1 Å². The molecule has 0 atom stereocenters. The van der Waals surface area contributed by atoms with Crippen molar-refractivity contribution in [1.82, 2.24) is 0 Å². The van der Waals surface area contributed by atoms with Gasteiger partial charge in [0.05, 0.1) is 11.9 Å². The van der Waals surface area contributed by atoms with Gasteiger partial charge in [-0.15, -0.1) is 0 Å². The molecule has 0 radical (unpaired) electrons. The summed E-state index contributed by atoms with van der Waals surface area (Å²) in [5.74, 6) is 0. The van der Waals surface area contributed by atoms with Crippen LogP contribution in [0.1, 0.15) is 11.1 Å². The molecule has 94 valence electrons. The van der Waals surface area contributed by atoms with Crippen molar-refractivity contribution < 1.29 is 9.63 Å². The van der Waals surface area contributed by atoms with Crippen LogP contribution in [-0.2, 0) is 16.2 Å². The summed E-state index contributed by atoms with van der Waals surface area (Å²) in [6.07, 6.45) is 3.15. The highest BCUT2D eigenvalue weighted by Crippen LogP contribution is 2.18. The van der Waals surface area contributed by atoms with Gasteiger partial charge in [-0.1, -0.05) is 53.7 Å². The highest BCUT2D eigenvalue weighted by Gasteiger charge is 1.99. The van der Waals surface area contributed by atoms with Crippen LogP contribution in [0.4, 0.5) is 5.69 Å². The van der Waals surface area contributed by atoms with E-state index < -0.39 is 0 Å². The second-order valence-corrected chi connectivity index (χ2v) is 3.75. The fourth-order valence-corrected chi connectivity index (χ4v) is 1.54. The minimum atomic E-state index is 0.255. The summed E-state index contributed by atoms with van der Waals surface area (Å²) in [4.78, 5) is 19.1. The molecule has 0 saturated heterocycles. The molecule has 0 aliphatic heterocycles. The Balaban J connectivity index is 1.96. The molecule has 0 amide bonds. The molecular weight excluding hydrogens is 240 g/mol. The Morgan fingerprint density at radius 3 is 2.58 bits per heavy atom. The van der Waals surface area contributed by atoms with E-state index in [4.69, 9.17) is 4.84 Å². The van der Waals surface area contributed by atoms with Crippen LogP contribution >= 0.6 is 0 Å². The van der Waals surface area contributed by atoms with Crippen molar-refractivity contribution in [2.45, 2.75) is 6.61 Å². The molecule has 0 spiro atoms. The first kappa shape index (κ1) is 12.7. The normalized spacial score (nSPS) is 10.1. The Hall–Kier alpha value is -2.71. The van der Waals surface area contributed by atoms with Gasteiger partial charge in [0.2, 0.25) is 6.08 Å². The molecule has 0 aliphatic rings. The van der Waals surface area contributed by atoms with Crippen molar-refractivity contribution in [1.29, 1.82) is 0 Å². The van der Waals surface area contributed by atoms with E-state index in [1.165, 1.54) is 6.08 Å². The summed E-state index contributed by atoms with van der Waals surface area (Å²) < 4.78 is 0. The van der Waals surface area contributed by atoms with Crippen LogP contribution in [0.5, 0.6) is 0 Å². The van der Waals surface area contributed by atoms with Gasteiger partial charge in [-0.2, -0.15) is 4.99 Å². The molecule has 0 bridgehead atoms. The van der Waals surface area contributed by atoms with E-state index in [9.17, 15) is 4.79 Å². The minimum absolute atomic E-state index is 0.255. The zero-order valence-corrected chi connectivity index (χ0v) is 10.2. The van der Waals surface area contributed by atoms with Crippen LogP contribution in [0.25, 0.3) is 0 Å². The SMILES string of the molecule is O=C=Nc1ccccc1CON=Cc1ccccc1. The van der Waals surface area contributed by atoms with Gasteiger partial charge in [-0.25, -0.2) is 4.79 Å². The first-order chi connectivity index (χ1) is 9.40. The van der Waals surface area contributed by atoms with Crippen molar-refractivity contribution >= 4 is 18.0 Å². The third-order valence-corrected chi connectivity index (χ3v) is 2.45. The van der Waals surface area contributed by atoms with Crippen LogP contribution in [-0.4, -0.2) is 12.3 Å². The molecule has 0 N–H and O–H groups in total. The number of benzene rings is 2. The number of nitrogens with zero attached hydrogens (tertiary/aromatic N) is 2. The Labute approximate surface area is 111 Å². The van der Waals surface area contributed by atoms with E-state index in [0.29, 0.717) is 5.69 Å². The Morgan fingerprint density at radius 2 is 1.79 bits per heavy atom. The first-order valence-corrected chi connectivity index (χ1v) is 5.76. The molecule has 0 fully saturated rings. The monoisotopic (exact) mass is 252 g/mol. The average Bonchev–Trinajstić information content (AvgIpc) is 2.47. The molecule has 19 heavy (non-hydrogen) atoms. The second kappa shape index (κ2) is 6.89. The number of carbonyl (C=O) groups excluding carboxylic acids is 1. The number of hydrogen-bond acceptors (Lipinski definition) is 4. The predicted molar refractivity (Wildman–Crippen MR) is 73.0 cm³/mol. The van der Waals surface area contributed by atoms with E-state index in [-0.39, 0.29) is 6.61 Å². The Kier molecular flexibility index (Phi) is 4.62. The molecule has 0 aliphatic carbocycles. The maximum atomic E-state index is 10.3. The zero-order valence-electron chi connectivity index (χ0n) is 10.2. The fraction of sp³-hybridized carbons (Fsp3) is 0.0667. The van der Waals surface area contributed by atoms with Crippen molar-refractivity contribution in [3.63, 3.8) is 0 Å². The van der Waals surface area contributed by atoms with Crippen molar-refractivity contribution in [3.8, 4) is 0 Å². The van der Waals surface area contributed by atoms with Gasteiger partial charge in [0.15, 0.2) is 0 Å². The lowest BCUT2D eigenvalue weighted by Gasteiger charge is -2.02. The maximum absolute atomic E-state index is 10.3. The second-order valence-electron chi connectivity index (χ2n) is 3.75. The van der Waals surface area contributed by atoms with Gasteiger partial charge in [0.25, 0.3) is 0 Å². The lowest BCUT2D eigenvalue weighted by Crippen LogP contribution is -1.88. The topological polar surface area (TPSA) is 51.0 Å². The van der Waals surface area contributed by atoms with Crippen LogP contribution < -0.4 is 0 Å². The van der Waals surface area contributed by atoms with Crippen molar-refractivity contribution in [3.05, 3.63) is 65.7 Å². The predicted octanol–water partition coefficient (Wildman–Crippen LogP) is 3.20. The zero-order chi connectivity index (χ0) is 13.3. The highest BCUT2D eigenvalue weighted by atomic mass is 16.6. The van der Waals surface area contributed by atoms with E-state index in [1.807, 2.05) is 42.5 Å². The molecule has 0 unspecified atom stereocenters. The van der Waals surface area contributed by atoms with E-state index in [1.54, 1.807) is 18.3 Å². The molecule has 0 aromatic heterocycles. The van der Waals surface area contributed by atoms with Gasteiger partial charge in [0, 0.05) is 5.56 Å². The van der Waals surface area contributed by atoms with Crippen LogP contribution in [0.3, 0.4) is 0 Å². The minimum Gasteiger partial charge on any atom is -0.391 e. The van der Waals surface area contributed by atoms with Crippen LogP contribution in [0.2, 0.25) is 0 Å². The maximum Gasteiger partial charge on any atom is 0.240 e. The fourth-order valence-electron chi connectivity index (χ4n) is 1.54. The largest absolute Gasteiger partial charge is 0.391 e. The smallest absolute Gasteiger partial charge is 0.240 e. The number of aliphatic imine (C=N–C) groups is 1. The number of hydrogen-bond donors (Lipinski definition) is 0. The van der Waals surface area contributed by atoms with Gasteiger partial charge in [-0.3, -0.25) is 0 Å². The third-order valence-electron chi connectivity index (χ3n) is 2.45. The van der Waals surface area contributed by atoms with Gasteiger partial charge in [-0.05, 0) is 11.6 Å². The van der Waals surface area contributed by atoms with Crippen molar-refractivity contribution in [2.24, 2.45) is 10.1 Å². The lowest BCUT2D eigenvalue weighted by atomic mass is 10.2. The number of isocyanates is 1.